The summed E-state index contributed by atoms with van der Waals surface area (Å²) in [5.74, 6) is -1.35. The van der Waals surface area contributed by atoms with Crippen molar-refractivity contribution < 1.29 is 14.7 Å². The molecule has 2 unspecified atom stereocenters. The van der Waals surface area contributed by atoms with E-state index < -0.39 is 17.9 Å². The molecule has 1 saturated carbocycles. The molecule has 0 heterocycles. The van der Waals surface area contributed by atoms with Gasteiger partial charge >= 0.3 is 12.0 Å². The number of carboxylic acid groups (broad SMARTS) is 1. The van der Waals surface area contributed by atoms with E-state index in [2.05, 4.69) is 10.6 Å². The lowest BCUT2D eigenvalue weighted by Gasteiger charge is -2.18. The lowest BCUT2D eigenvalue weighted by Crippen LogP contribution is -2.42. The Kier molecular flexibility index (Phi) is 4.49. The van der Waals surface area contributed by atoms with Crippen molar-refractivity contribution in [1.29, 1.82) is 0 Å². The summed E-state index contributed by atoms with van der Waals surface area (Å²) in [6, 6.07) is 4.54. The maximum absolute atomic E-state index is 11.9. The van der Waals surface area contributed by atoms with E-state index in [9.17, 15) is 9.59 Å². The molecular formula is C14H17ClN2O3. The fraction of sp³-hybridized carbons (Fsp3) is 0.429. The zero-order chi connectivity index (χ0) is 14.7. The smallest absolute Gasteiger partial charge is 0.319 e. The molecule has 1 fully saturated rings. The van der Waals surface area contributed by atoms with E-state index in [1.165, 1.54) is 0 Å². The van der Waals surface area contributed by atoms with Crippen molar-refractivity contribution in [3.8, 4) is 0 Å². The molecule has 108 valence electrons. The van der Waals surface area contributed by atoms with Crippen molar-refractivity contribution in [2.75, 3.05) is 5.32 Å². The molecule has 5 nitrogen and oxygen atoms in total. The first-order chi connectivity index (χ1) is 9.49. The quantitative estimate of drug-likeness (QED) is 0.802. The fourth-order valence-corrected chi connectivity index (χ4v) is 2.67. The third-order valence-electron chi connectivity index (χ3n) is 3.67. The van der Waals surface area contributed by atoms with Gasteiger partial charge in [0.05, 0.1) is 5.92 Å². The van der Waals surface area contributed by atoms with Crippen LogP contribution in [0.4, 0.5) is 10.5 Å². The number of hydrogen-bond donors (Lipinski definition) is 3. The van der Waals surface area contributed by atoms with Crippen LogP contribution in [0.1, 0.15) is 24.8 Å². The number of halogens is 1. The van der Waals surface area contributed by atoms with Gasteiger partial charge in [0.25, 0.3) is 0 Å². The van der Waals surface area contributed by atoms with Gasteiger partial charge in [-0.1, -0.05) is 24.1 Å². The molecule has 0 bridgehead atoms. The average molecular weight is 297 g/mol. The Balaban J connectivity index is 1.99. The SMILES string of the molecule is Cc1c(Cl)cccc1NC(=O)NC1CCCC1C(=O)O. The molecule has 6 heteroatoms. The van der Waals surface area contributed by atoms with E-state index >= 15 is 0 Å². The predicted octanol–water partition coefficient (Wildman–Crippen LogP) is 3.02. The number of carboxylic acids is 1. The van der Waals surface area contributed by atoms with Gasteiger partial charge in [-0.15, -0.1) is 0 Å². The van der Waals surface area contributed by atoms with Crippen LogP contribution < -0.4 is 10.6 Å². The number of benzene rings is 1. The van der Waals surface area contributed by atoms with Gasteiger partial charge in [-0.05, 0) is 37.5 Å². The van der Waals surface area contributed by atoms with Crippen LogP contribution >= 0.6 is 11.6 Å². The minimum Gasteiger partial charge on any atom is -0.481 e. The third kappa shape index (κ3) is 3.22. The molecule has 0 spiro atoms. The monoisotopic (exact) mass is 296 g/mol. The average Bonchev–Trinajstić information content (AvgIpc) is 2.83. The summed E-state index contributed by atoms with van der Waals surface area (Å²) in [4.78, 5) is 23.0. The van der Waals surface area contributed by atoms with E-state index in [-0.39, 0.29) is 6.04 Å². The number of aliphatic carboxylic acids is 1. The molecule has 1 aliphatic carbocycles. The Morgan fingerprint density at radius 1 is 1.35 bits per heavy atom. The van der Waals surface area contributed by atoms with Crippen LogP contribution in [0.5, 0.6) is 0 Å². The Morgan fingerprint density at radius 2 is 2.10 bits per heavy atom. The Labute approximate surface area is 122 Å². The molecule has 20 heavy (non-hydrogen) atoms. The number of carbonyl (C=O) groups excluding carboxylic acids is 1. The molecule has 1 aromatic rings. The number of carbonyl (C=O) groups is 2. The summed E-state index contributed by atoms with van der Waals surface area (Å²) in [5.41, 5.74) is 1.41. The maximum Gasteiger partial charge on any atom is 0.319 e. The number of rotatable bonds is 3. The molecule has 1 aromatic carbocycles. The van der Waals surface area contributed by atoms with Crippen molar-refractivity contribution >= 4 is 29.3 Å². The highest BCUT2D eigenvalue weighted by Gasteiger charge is 2.33. The van der Waals surface area contributed by atoms with Crippen molar-refractivity contribution in [1.82, 2.24) is 5.32 Å². The topological polar surface area (TPSA) is 78.4 Å². The second-order valence-electron chi connectivity index (χ2n) is 4.99. The van der Waals surface area contributed by atoms with Crippen molar-refractivity contribution in [3.63, 3.8) is 0 Å². The molecular weight excluding hydrogens is 280 g/mol. The molecule has 2 atom stereocenters. The van der Waals surface area contributed by atoms with E-state index in [4.69, 9.17) is 16.7 Å². The lowest BCUT2D eigenvalue weighted by atomic mass is 10.0. The van der Waals surface area contributed by atoms with Gasteiger partial charge in [0.15, 0.2) is 0 Å². The highest BCUT2D eigenvalue weighted by atomic mass is 35.5. The summed E-state index contributed by atoms with van der Waals surface area (Å²) in [7, 11) is 0. The lowest BCUT2D eigenvalue weighted by molar-refractivity contribution is -0.142. The van der Waals surface area contributed by atoms with Gasteiger partial charge in [-0.2, -0.15) is 0 Å². The zero-order valence-electron chi connectivity index (χ0n) is 11.1. The maximum atomic E-state index is 11.9. The number of anilines is 1. The van der Waals surface area contributed by atoms with E-state index in [1.807, 2.05) is 6.92 Å². The number of hydrogen-bond acceptors (Lipinski definition) is 2. The largest absolute Gasteiger partial charge is 0.481 e. The van der Waals surface area contributed by atoms with Crippen LogP contribution in [0.25, 0.3) is 0 Å². The predicted molar refractivity (Wildman–Crippen MR) is 77.1 cm³/mol. The van der Waals surface area contributed by atoms with E-state index in [0.717, 1.165) is 12.0 Å². The van der Waals surface area contributed by atoms with Crippen LogP contribution in [0.2, 0.25) is 5.02 Å². The van der Waals surface area contributed by atoms with Crippen LogP contribution in [0, 0.1) is 12.8 Å². The van der Waals surface area contributed by atoms with Crippen molar-refractivity contribution in [3.05, 3.63) is 28.8 Å². The summed E-state index contributed by atoms with van der Waals surface area (Å²) in [6.45, 7) is 1.81. The summed E-state index contributed by atoms with van der Waals surface area (Å²) in [5, 5.41) is 15.1. The Hall–Kier alpha value is -1.75. The van der Waals surface area contributed by atoms with Crippen LogP contribution in [0.3, 0.4) is 0 Å². The minimum atomic E-state index is -0.855. The molecule has 1 aliphatic rings. The summed E-state index contributed by atoms with van der Waals surface area (Å²) < 4.78 is 0. The number of urea groups is 1. The molecule has 0 aromatic heterocycles. The second kappa shape index (κ2) is 6.13. The minimum absolute atomic E-state index is 0.313. The first-order valence-electron chi connectivity index (χ1n) is 6.54. The summed E-state index contributed by atoms with van der Waals surface area (Å²) in [6.07, 6.45) is 2.12. The second-order valence-corrected chi connectivity index (χ2v) is 5.40. The zero-order valence-corrected chi connectivity index (χ0v) is 11.9. The van der Waals surface area contributed by atoms with E-state index in [1.54, 1.807) is 18.2 Å². The van der Waals surface area contributed by atoms with E-state index in [0.29, 0.717) is 23.6 Å². The van der Waals surface area contributed by atoms with Gasteiger partial charge in [0, 0.05) is 16.8 Å². The normalized spacial score (nSPS) is 21.5. The molecule has 2 amide bonds. The van der Waals surface area contributed by atoms with Gasteiger partial charge in [0.2, 0.25) is 0 Å². The Morgan fingerprint density at radius 3 is 2.80 bits per heavy atom. The molecule has 3 N–H and O–H groups in total. The fourth-order valence-electron chi connectivity index (χ4n) is 2.50. The Bertz CT molecular complexity index is 533. The molecule has 0 aliphatic heterocycles. The van der Waals surface area contributed by atoms with Gasteiger partial charge < -0.3 is 15.7 Å². The van der Waals surface area contributed by atoms with Crippen molar-refractivity contribution in [2.24, 2.45) is 5.92 Å². The highest BCUT2D eigenvalue weighted by molar-refractivity contribution is 6.31. The van der Waals surface area contributed by atoms with Gasteiger partial charge in [-0.3, -0.25) is 4.79 Å². The molecule has 0 saturated heterocycles. The number of amides is 2. The first kappa shape index (κ1) is 14.7. The molecule has 0 radical (unpaired) electrons. The third-order valence-corrected chi connectivity index (χ3v) is 4.08. The summed E-state index contributed by atoms with van der Waals surface area (Å²) >= 11 is 5.98. The van der Waals surface area contributed by atoms with Gasteiger partial charge in [0.1, 0.15) is 0 Å². The number of nitrogens with one attached hydrogen (secondary N) is 2. The standard InChI is InChI=1S/C14H17ClN2O3/c1-8-10(15)5-3-6-11(8)16-14(20)17-12-7-2-4-9(12)13(18)19/h3,5-6,9,12H,2,4,7H2,1H3,(H,18,19)(H2,16,17,20). The van der Waals surface area contributed by atoms with Crippen LogP contribution in [0.15, 0.2) is 18.2 Å². The van der Waals surface area contributed by atoms with Crippen LogP contribution in [-0.4, -0.2) is 23.1 Å². The van der Waals surface area contributed by atoms with Crippen LogP contribution in [-0.2, 0) is 4.79 Å². The highest BCUT2D eigenvalue weighted by Crippen LogP contribution is 2.26. The van der Waals surface area contributed by atoms with Gasteiger partial charge in [-0.25, -0.2) is 4.79 Å². The first-order valence-corrected chi connectivity index (χ1v) is 6.92. The van der Waals surface area contributed by atoms with Crippen molar-refractivity contribution in [2.45, 2.75) is 32.2 Å². The molecule has 2 rings (SSSR count).